The van der Waals surface area contributed by atoms with Gasteiger partial charge in [0, 0.05) is 19.2 Å². The van der Waals surface area contributed by atoms with Gasteiger partial charge >= 0.3 is 6.09 Å². The van der Waals surface area contributed by atoms with Crippen molar-refractivity contribution in [3.8, 4) is 6.07 Å². The van der Waals surface area contributed by atoms with Gasteiger partial charge < -0.3 is 26.0 Å². The van der Waals surface area contributed by atoms with Gasteiger partial charge in [0.2, 0.25) is 0 Å². The Morgan fingerprint density at radius 3 is 2.44 bits per heavy atom. The van der Waals surface area contributed by atoms with Crippen LogP contribution in [0.4, 0.5) is 36.7 Å². The molecule has 2 atom stereocenters. The number of carbonyl (C=O) groups is 1. The minimum absolute atomic E-state index is 0.0482. The highest BCUT2D eigenvalue weighted by atomic mass is 19.1. The summed E-state index contributed by atoms with van der Waals surface area (Å²) >= 11 is 0. The van der Waals surface area contributed by atoms with Crippen LogP contribution >= 0.6 is 0 Å². The zero-order chi connectivity index (χ0) is 25.0. The van der Waals surface area contributed by atoms with E-state index >= 15 is 0 Å². The smallest absolute Gasteiger partial charge is 0.407 e. The van der Waals surface area contributed by atoms with Gasteiger partial charge in [0.05, 0.1) is 23.5 Å². The number of aromatic nitrogens is 2. The molecule has 1 amide bonds. The van der Waals surface area contributed by atoms with E-state index in [1.54, 1.807) is 34.7 Å². The summed E-state index contributed by atoms with van der Waals surface area (Å²) in [6.45, 7) is 7.11. The Kier molecular flexibility index (Phi) is 7.39. The molecule has 3 rings (SSSR count). The summed E-state index contributed by atoms with van der Waals surface area (Å²) in [6, 6.07) is 3.43. The molecular weight excluding hydrogens is 444 g/mol. The van der Waals surface area contributed by atoms with E-state index in [9.17, 15) is 18.8 Å². The first-order valence-electron chi connectivity index (χ1n) is 11.0. The second kappa shape index (κ2) is 10.1. The monoisotopic (exact) mass is 473 g/mol. The maximum absolute atomic E-state index is 14.8. The number of rotatable bonds is 8. The van der Waals surface area contributed by atoms with E-state index in [2.05, 4.69) is 31.2 Å². The standard InChI is InChI=1S/C23H29F2N7O2/c1-12(29-22(33)34-23(2,3)4)18(13-6-7-13)31-21-16(24)8-14(10-26)19(32-21)30-15-9-17(25)20(27-5)28-11-15/h8-9,11-13,18H,6-7H2,1-5H3,(H,27,28)(H,29,33)(H2,30,31,32)/t12-,18-/m0/s1. The van der Waals surface area contributed by atoms with Crippen molar-refractivity contribution in [1.82, 2.24) is 15.3 Å². The number of hydrogen-bond acceptors (Lipinski definition) is 8. The largest absolute Gasteiger partial charge is 0.444 e. The lowest BCUT2D eigenvalue weighted by molar-refractivity contribution is 0.0501. The fraction of sp³-hybridized carbons (Fsp3) is 0.478. The highest BCUT2D eigenvalue weighted by Crippen LogP contribution is 2.36. The predicted molar refractivity (Wildman–Crippen MR) is 125 cm³/mol. The third-order valence-corrected chi connectivity index (χ3v) is 5.15. The average Bonchev–Trinajstić information content (AvgIpc) is 3.57. The lowest BCUT2D eigenvalue weighted by Crippen LogP contribution is -2.47. The van der Waals surface area contributed by atoms with Crippen molar-refractivity contribution in [2.45, 2.75) is 58.2 Å². The van der Waals surface area contributed by atoms with Gasteiger partial charge in [-0.25, -0.2) is 23.5 Å². The molecule has 0 aliphatic heterocycles. The van der Waals surface area contributed by atoms with Crippen LogP contribution in [0.25, 0.3) is 0 Å². The molecule has 0 aromatic carbocycles. The molecule has 34 heavy (non-hydrogen) atoms. The van der Waals surface area contributed by atoms with Crippen molar-refractivity contribution in [2.75, 3.05) is 23.0 Å². The first-order valence-corrected chi connectivity index (χ1v) is 11.0. The van der Waals surface area contributed by atoms with E-state index in [0.717, 1.165) is 18.9 Å². The summed E-state index contributed by atoms with van der Waals surface area (Å²) < 4.78 is 34.2. The number of alkyl carbamates (subject to hydrolysis) is 1. The van der Waals surface area contributed by atoms with Gasteiger partial charge in [-0.2, -0.15) is 5.26 Å². The van der Waals surface area contributed by atoms with Gasteiger partial charge in [-0.3, -0.25) is 0 Å². The third-order valence-electron chi connectivity index (χ3n) is 5.15. The second-order valence-corrected chi connectivity index (χ2v) is 9.20. The quantitative estimate of drug-likeness (QED) is 0.441. The van der Waals surface area contributed by atoms with Crippen LogP contribution in [0.2, 0.25) is 0 Å². The van der Waals surface area contributed by atoms with Gasteiger partial charge in [-0.05, 0) is 52.5 Å². The molecule has 1 aliphatic carbocycles. The van der Waals surface area contributed by atoms with E-state index in [0.29, 0.717) is 0 Å². The molecule has 182 valence electrons. The number of amides is 1. The van der Waals surface area contributed by atoms with Crippen LogP contribution in [0.15, 0.2) is 18.3 Å². The molecule has 0 saturated heterocycles. The van der Waals surface area contributed by atoms with Crippen LogP contribution in [-0.2, 0) is 4.74 Å². The first-order chi connectivity index (χ1) is 16.0. The Morgan fingerprint density at radius 2 is 1.88 bits per heavy atom. The van der Waals surface area contributed by atoms with Crippen LogP contribution in [0.3, 0.4) is 0 Å². The molecule has 11 heteroatoms. The number of hydrogen-bond donors (Lipinski definition) is 4. The van der Waals surface area contributed by atoms with E-state index < -0.39 is 23.3 Å². The number of ether oxygens (including phenoxy) is 1. The molecule has 0 bridgehead atoms. The minimum atomic E-state index is -0.716. The number of nitrogens with one attached hydrogen (secondary N) is 4. The first kappa shape index (κ1) is 25.0. The molecule has 4 N–H and O–H groups in total. The number of nitriles is 1. The molecule has 0 radical (unpaired) electrons. The minimum Gasteiger partial charge on any atom is -0.444 e. The maximum atomic E-state index is 14.8. The molecule has 2 aromatic rings. The molecule has 1 fully saturated rings. The molecule has 2 aromatic heterocycles. The fourth-order valence-electron chi connectivity index (χ4n) is 3.45. The Bertz CT molecular complexity index is 1090. The molecule has 9 nitrogen and oxygen atoms in total. The molecular formula is C23H29F2N7O2. The zero-order valence-electron chi connectivity index (χ0n) is 19.8. The topological polar surface area (TPSA) is 124 Å². The van der Waals surface area contributed by atoms with Crippen molar-refractivity contribution in [3.05, 3.63) is 35.5 Å². The number of carbonyl (C=O) groups excluding carboxylic acids is 1. The molecule has 0 spiro atoms. The van der Waals surface area contributed by atoms with Gasteiger partial charge in [-0.15, -0.1) is 0 Å². The summed E-state index contributed by atoms with van der Waals surface area (Å²) in [4.78, 5) is 20.4. The Labute approximate surface area is 197 Å². The second-order valence-electron chi connectivity index (χ2n) is 9.20. The van der Waals surface area contributed by atoms with E-state index in [-0.39, 0.29) is 46.7 Å². The number of nitrogens with zero attached hydrogens (tertiary/aromatic N) is 3. The maximum Gasteiger partial charge on any atom is 0.407 e. The molecule has 1 aliphatic rings. The summed E-state index contributed by atoms with van der Waals surface area (Å²) in [5, 5.41) is 20.8. The van der Waals surface area contributed by atoms with Crippen LogP contribution in [0, 0.1) is 28.9 Å². The van der Waals surface area contributed by atoms with E-state index in [1.807, 2.05) is 6.07 Å². The van der Waals surface area contributed by atoms with Crippen LogP contribution in [-0.4, -0.2) is 40.8 Å². The number of pyridine rings is 2. The normalized spacial score (nSPS) is 15.0. The van der Waals surface area contributed by atoms with Crippen molar-refractivity contribution in [2.24, 2.45) is 5.92 Å². The zero-order valence-corrected chi connectivity index (χ0v) is 19.8. The average molecular weight is 474 g/mol. The van der Waals surface area contributed by atoms with Crippen LogP contribution in [0.5, 0.6) is 0 Å². The van der Waals surface area contributed by atoms with Crippen molar-refractivity contribution >= 4 is 29.2 Å². The number of anilines is 4. The van der Waals surface area contributed by atoms with Crippen molar-refractivity contribution < 1.29 is 18.3 Å². The van der Waals surface area contributed by atoms with Crippen molar-refractivity contribution in [1.29, 1.82) is 5.26 Å². The van der Waals surface area contributed by atoms with Gasteiger partial charge in [0.25, 0.3) is 0 Å². The number of halogens is 2. The molecule has 1 saturated carbocycles. The van der Waals surface area contributed by atoms with E-state index in [4.69, 9.17) is 4.74 Å². The van der Waals surface area contributed by atoms with Gasteiger partial charge in [0.15, 0.2) is 29.1 Å². The van der Waals surface area contributed by atoms with Gasteiger partial charge in [0.1, 0.15) is 11.7 Å². The summed E-state index contributed by atoms with van der Waals surface area (Å²) in [5.74, 6) is -1.07. The van der Waals surface area contributed by atoms with Gasteiger partial charge in [-0.1, -0.05) is 0 Å². The summed E-state index contributed by atoms with van der Waals surface area (Å²) in [5.41, 5.74) is -0.450. The highest BCUT2D eigenvalue weighted by Gasteiger charge is 2.37. The van der Waals surface area contributed by atoms with E-state index in [1.165, 1.54) is 12.3 Å². The Morgan fingerprint density at radius 1 is 1.21 bits per heavy atom. The lowest BCUT2D eigenvalue weighted by Gasteiger charge is -2.28. The van der Waals surface area contributed by atoms with Crippen molar-refractivity contribution in [3.63, 3.8) is 0 Å². The SMILES string of the molecule is CNc1ncc(Nc2nc(N[C@H](C3CC3)[C@H](C)NC(=O)OC(C)(C)C)c(F)cc2C#N)cc1F. The fourth-order valence-corrected chi connectivity index (χ4v) is 3.45. The molecule has 0 unspecified atom stereocenters. The predicted octanol–water partition coefficient (Wildman–Crippen LogP) is 4.52. The summed E-state index contributed by atoms with van der Waals surface area (Å²) in [6.07, 6.45) is 2.64. The highest BCUT2D eigenvalue weighted by molar-refractivity contribution is 5.68. The van der Waals surface area contributed by atoms with Crippen LogP contribution < -0.4 is 21.3 Å². The van der Waals surface area contributed by atoms with Crippen LogP contribution in [0.1, 0.15) is 46.1 Å². The third kappa shape index (κ3) is 6.43. The lowest BCUT2D eigenvalue weighted by atomic mass is 10.0. The summed E-state index contributed by atoms with van der Waals surface area (Å²) in [7, 11) is 1.54. The Balaban J connectivity index is 1.82. The Hall–Kier alpha value is -3.68. The molecule has 2 heterocycles.